The topological polar surface area (TPSA) is 88.3 Å². The van der Waals surface area contributed by atoms with Crippen molar-refractivity contribution in [3.05, 3.63) is 53.3 Å². The Morgan fingerprint density at radius 1 is 1.29 bits per heavy atom. The first-order valence-corrected chi connectivity index (χ1v) is 6.89. The molecule has 21 heavy (non-hydrogen) atoms. The third-order valence-corrected chi connectivity index (χ3v) is 3.64. The highest BCUT2D eigenvalue weighted by atomic mass is 32.1. The van der Waals surface area contributed by atoms with Gasteiger partial charge >= 0.3 is 0 Å². The Kier molecular flexibility index (Phi) is 3.41. The summed E-state index contributed by atoms with van der Waals surface area (Å²) in [6, 6.07) is 10.2. The number of aryl methyl sites for hydroxylation is 1. The maximum Gasteiger partial charge on any atom is 0.217 e. The van der Waals surface area contributed by atoms with E-state index >= 15 is 0 Å². The Balaban J connectivity index is 2.02. The zero-order valence-corrected chi connectivity index (χ0v) is 11.8. The molecule has 2 aromatic heterocycles. The van der Waals surface area contributed by atoms with E-state index in [0.29, 0.717) is 11.3 Å². The largest absolute Gasteiger partial charge is 0.410 e. The van der Waals surface area contributed by atoms with Crippen molar-refractivity contribution < 1.29 is 10.0 Å². The quantitative estimate of drug-likeness (QED) is 0.347. The van der Waals surface area contributed by atoms with Crippen LogP contribution in [0.15, 0.2) is 41.6 Å². The monoisotopic (exact) mass is 298 g/mol. The molecule has 1 aromatic carbocycles. The number of nitrogens with zero attached hydrogens (tertiary/aromatic N) is 4. The average molecular weight is 298 g/mol. The molecular formula is C14H10N4O2S. The van der Waals surface area contributed by atoms with Crippen LogP contribution in [0.4, 0.5) is 0 Å². The molecule has 0 spiro atoms. The third kappa shape index (κ3) is 2.50. The molecule has 0 saturated carbocycles. The van der Waals surface area contributed by atoms with Crippen LogP contribution in [0.3, 0.4) is 0 Å². The first-order chi connectivity index (χ1) is 10.2. The van der Waals surface area contributed by atoms with Crippen LogP contribution >= 0.6 is 11.5 Å². The molecule has 3 rings (SSSR count). The van der Waals surface area contributed by atoms with E-state index < -0.39 is 5.78 Å². The molecule has 0 aliphatic heterocycles. The number of Topliss-reactive ketones (excluding diaryl/α,β-unsaturated/α-hetero) is 1. The summed E-state index contributed by atoms with van der Waals surface area (Å²) in [5.74, 6) is -0.397. The summed E-state index contributed by atoms with van der Waals surface area (Å²) in [6.07, 6.45) is 0. The molecule has 0 amide bonds. The lowest BCUT2D eigenvalue weighted by molar-refractivity contribution is 0.106. The van der Waals surface area contributed by atoms with Gasteiger partial charge in [0.1, 0.15) is 5.52 Å². The second kappa shape index (κ2) is 5.37. The predicted octanol–water partition coefficient (Wildman–Crippen LogP) is 2.46. The number of carbonyl (C=O) groups excluding carboxylic acids is 1. The normalized spacial score (nSPS) is 11.8. The van der Waals surface area contributed by atoms with Gasteiger partial charge in [-0.05, 0) is 48.8 Å². The van der Waals surface area contributed by atoms with Crippen molar-refractivity contribution in [2.75, 3.05) is 0 Å². The lowest BCUT2D eigenvalue weighted by atomic mass is 10.0. The van der Waals surface area contributed by atoms with Crippen LogP contribution in [-0.4, -0.2) is 31.3 Å². The maximum absolute atomic E-state index is 12.5. The summed E-state index contributed by atoms with van der Waals surface area (Å²) >= 11 is 1.21. The highest BCUT2D eigenvalue weighted by Crippen LogP contribution is 2.18. The van der Waals surface area contributed by atoms with E-state index in [9.17, 15) is 10.0 Å². The zero-order chi connectivity index (χ0) is 14.8. The van der Waals surface area contributed by atoms with Crippen molar-refractivity contribution >= 4 is 33.2 Å². The number of hydrogen-bond donors (Lipinski definition) is 1. The lowest BCUT2D eigenvalue weighted by Gasteiger charge is -2.04. The smallest absolute Gasteiger partial charge is 0.217 e. The van der Waals surface area contributed by atoms with Crippen LogP contribution in [0.1, 0.15) is 21.7 Å². The van der Waals surface area contributed by atoms with E-state index in [1.807, 2.05) is 0 Å². The summed E-state index contributed by atoms with van der Waals surface area (Å²) in [7, 11) is 0. The van der Waals surface area contributed by atoms with Gasteiger partial charge in [-0.2, -0.15) is 0 Å². The Labute approximate surface area is 123 Å². The van der Waals surface area contributed by atoms with Crippen molar-refractivity contribution in [1.29, 1.82) is 0 Å². The summed E-state index contributed by atoms with van der Waals surface area (Å²) in [5.41, 5.74) is 2.13. The van der Waals surface area contributed by atoms with E-state index in [2.05, 4.69) is 19.7 Å². The molecule has 6 nitrogen and oxygen atoms in total. The Morgan fingerprint density at radius 2 is 2.14 bits per heavy atom. The van der Waals surface area contributed by atoms with Crippen molar-refractivity contribution in [3.63, 3.8) is 0 Å². The molecule has 0 aliphatic rings. The predicted molar refractivity (Wildman–Crippen MR) is 79.0 cm³/mol. The molecule has 0 radical (unpaired) electrons. The van der Waals surface area contributed by atoms with Crippen LogP contribution in [0, 0.1) is 6.92 Å². The molecule has 3 aromatic rings. The van der Waals surface area contributed by atoms with E-state index in [4.69, 9.17) is 0 Å². The van der Waals surface area contributed by atoms with Crippen molar-refractivity contribution in [3.8, 4) is 0 Å². The number of pyridine rings is 1. The number of carbonyl (C=O) groups is 1. The van der Waals surface area contributed by atoms with Crippen LogP contribution in [-0.2, 0) is 0 Å². The summed E-state index contributed by atoms with van der Waals surface area (Å²) < 4.78 is 4.63. The van der Waals surface area contributed by atoms with Gasteiger partial charge in [0.05, 0.1) is 10.4 Å². The minimum absolute atomic E-state index is 0.0875. The van der Waals surface area contributed by atoms with Crippen LogP contribution in [0.2, 0.25) is 0 Å². The van der Waals surface area contributed by atoms with E-state index in [1.54, 1.807) is 43.3 Å². The van der Waals surface area contributed by atoms with Crippen molar-refractivity contribution in [2.24, 2.45) is 5.16 Å². The molecule has 0 unspecified atom stereocenters. The number of oxime groups is 1. The number of benzene rings is 1. The molecule has 104 valence electrons. The molecule has 0 aliphatic carbocycles. The Bertz CT molecular complexity index is 857. The lowest BCUT2D eigenvalue weighted by Crippen LogP contribution is -2.17. The van der Waals surface area contributed by atoms with Crippen LogP contribution in [0.25, 0.3) is 10.2 Å². The van der Waals surface area contributed by atoms with Gasteiger partial charge < -0.3 is 5.21 Å². The first kappa shape index (κ1) is 13.3. The fraction of sp³-hybridized carbons (Fsp3) is 0.0714. The highest BCUT2D eigenvalue weighted by molar-refractivity contribution is 7.12. The molecule has 0 atom stereocenters. The average Bonchev–Trinajstić information content (AvgIpc) is 2.95. The minimum atomic E-state index is -0.397. The minimum Gasteiger partial charge on any atom is -0.410 e. The molecular weight excluding hydrogens is 288 g/mol. The fourth-order valence-corrected chi connectivity index (χ4v) is 2.54. The number of rotatable bonds is 3. The standard InChI is InChI=1S/C14H10N4O2S/c1-8-3-2-4-11(15-8)13(17-20)14(19)9-5-6-10-12(7-9)21-18-16-10/h2-7,20H,1H3. The molecule has 2 heterocycles. The second-order valence-electron chi connectivity index (χ2n) is 4.40. The van der Waals surface area contributed by atoms with Gasteiger partial charge in [0.25, 0.3) is 0 Å². The van der Waals surface area contributed by atoms with Gasteiger partial charge in [-0.1, -0.05) is 15.7 Å². The van der Waals surface area contributed by atoms with Crippen LogP contribution < -0.4 is 0 Å². The molecule has 1 N–H and O–H groups in total. The zero-order valence-electron chi connectivity index (χ0n) is 11.0. The van der Waals surface area contributed by atoms with Crippen LogP contribution in [0.5, 0.6) is 0 Å². The van der Waals surface area contributed by atoms with Crippen molar-refractivity contribution in [2.45, 2.75) is 6.92 Å². The fourth-order valence-electron chi connectivity index (χ4n) is 1.94. The Morgan fingerprint density at radius 3 is 2.90 bits per heavy atom. The summed E-state index contributed by atoms with van der Waals surface area (Å²) in [4.78, 5) is 16.7. The number of ketones is 1. The maximum atomic E-state index is 12.5. The number of hydrogen-bond acceptors (Lipinski definition) is 7. The third-order valence-electron chi connectivity index (χ3n) is 2.96. The van der Waals surface area contributed by atoms with Gasteiger partial charge in [-0.15, -0.1) is 5.10 Å². The molecule has 7 heteroatoms. The molecule has 0 bridgehead atoms. The number of aromatic nitrogens is 3. The van der Waals surface area contributed by atoms with Gasteiger partial charge in [0, 0.05) is 11.3 Å². The second-order valence-corrected chi connectivity index (χ2v) is 5.18. The molecule has 0 saturated heterocycles. The van der Waals surface area contributed by atoms with E-state index in [0.717, 1.165) is 15.9 Å². The van der Waals surface area contributed by atoms with E-state index in [-0.39, 0.29) is 5.71 Å². The van der Waals surface area contributed by atoms with Crippen molar-refractivity contribution in [1.82, 2.24) is 14.6 Å². The first-order valence-electron chi connectivity index (χ1n) is 6.12. The van der Waals surface area contributed by atoms with Gasteiger partial charge in [-0.3, -0.25) is 9.78 Å². The van der Waals surface area contributed by atoms with E-state index in [1.165, 1.54) is 11.5 Å². The van der Waals surface area contributed by atoms with Gasteiger partial charge in [0.2, 0.25) is 5.78 Å². The SMILES string of the molecule is Cc1cccc(C(=NO)C(=O)c2ccc3nnsc3c2)n1. The Hall–Kier alpha value is -2.67. The highest BCUT2D eigenvalue weighted by Gasteiger charge is 2.19. The summed E-state index contributed by atoms with van der Waals surface area (Å²) in [5, 5.41) is 16.2. The molecule has 0 fully saturated rings. The number of fused-ring (bicyclic) bond motifs is 1. The summed E-state index contributed by atoms with van der Waals surface area (Å²) in [6.45, 7) is 1.80. The van der Waals surface area contributed by atoms with Gasteiger partial charge in [0.15, 0.2) is 5.71 Å². The van der Waals surface area contributed by atoms with Gasteiger partial charge in [-0.25, -0.2) is 0 Å².